The van der Waals surface area contributed by atoms with Crippen molar-refractivity contribution in [3.05, 3.63) is 55.9 Å². The van der Waals surface area contributed by atoms with E-state index in [1.54, 1.807) is 0 Å². The Morgan fingerprint density at radius 2 is 1.89 bits per heavy atom. The second kappa shape index (κ2) is 5.59. The minimum absolute atomic E-state index is 0.0456. The first-order chi connectivity index (χ1) is 8.52. The van der Waals surface area contributed by atoms with Gasteiger partial charge in [-0.3, -0.25) is 0 Å². The highest BCUT2D eigenvalue weighted by atomic mass is 79.9. The third-order valence-corrected chi connectivity index (χ3v) is 4.24. The predicted octanol–water partition coefficient (Wildman–Crippen LogP) is 4.73. The number of nitrogens with one attached hydrogen (secondary N) is 1. The Kier molecular flexibility index (Phi) is 4.30. The lowest BCUT2D eigenvalue weighted by Gasteiger charge is -2.16. The summed E-state index contributed by atoms with van der Waals surface area (Å²) in [4.78, 5) is 0. The molecular formula is C14H15Br2NO. The fraction of sp³-hybridized carbons (Fsp3) is 0.286. The van der Waals surface area contributed by atoms with Crippen molar-refractivity contribution in [1.29, 1.82) is 0 Å². The quantitative estimate of drug-likeness (QED) is 0.842. The topological polar surface area (TPSA) is 25.2 Å². The monoisotopic (exact) mass is 371 g/mol. The Bertz CT molecular complexity index is 543. The van der Waals surface area contributed by atoms with Crippen molar-refractivity contribution in [1.82, 2.24) is 5.32 Å². The fourth-order valence-corrected chi connectivity index (χ4v) is 2.79. The summed E-state index contributed by atoms with van der Waals surface area (Å²) in [6.45, 7) is 4.05. The van der Waals surface area contributed by atoms with Gasteiger partial charge in [-0.1, -0.05) is 31.9 Å². The summed E-state index contributed by atoms with van der Waals surface area (Å²) in [7, 11) is 1.94. The standard InChI is InChI=1S/C14H15Br2NO/c1-8-6-13(18-9(8)2)14(17-3)11-7-10(15)4-5-12(11)16/h4-7,14,17H,1-3H3. The molecule has 1 atom stereocenters. The maximum Gasteiger partial charge on any atom is 0.125 e. The summed E-state index contributed by atoms with van der Waals surface area (Å²) in [6, 6.07) is 8.28. The largest absolute Gasteiger partial charge is 0.464 e. The van der Waals surface area contributed by atoms with Gasteiger partial charge in [-0.15, -0.1) is 0 Å². The van der Waals surface area contributed by atoms with Gasteiger partial charge in [0.1, 0.15) is 11.5 Å². The second-order valence-corrected chi connectivity index (χ2v) is 6.05. The van der Waals surface area contributed by atoms with Gasteiger partial charge in [-0.25, -0.2) is 0 Å². The van der Waals surface area contributed by atoms with E-state index in [4.69, 9.17) is 4.42 Å². The smallest absolute Gasteiger partial charge is 0.125 e. The molecular weight excluding hydrogens is 358 g/mol. The fourth-order valence-electron chi connectivity index (χ4n) is 1.93. The van der Waals surface area contributed by atoms with Crippen LogP contribution in [0.4, 0.5) is 0 Å². The highest BCUT2D eigenvalue weighted by molar-refractivity contribution is 9.11. The Labute approximate surface area is 124 Å². The van der Waals surface area contributed by atoms with Gasteiger partial charge in [0, 0.05) is 8.95 Å². The molecule has 0 saturated heterocycles. The molecule has 1 unspecified atom stereocenters. The molecule has 18 heavy (non-hydrogen) atoms. The molecule has 0 radical (unpaired) electrons. The Hall–Kier alpha value is -0.580. The van der Waals surface area contributed by atoms with Gasteiger partial charge in [0.25, 0.3) is 0 Å². The maximum absolute atomic E-state index is 5.82. The molecule has 0 aliphatic heterocycles. The lowest BCUT2D eigenvalue weighted by atomic mass is 10.0. The van der Waals surface area contributed by atoms with Crippen molar-refractivity contribution in [3.8, 4) is 0 Å². The van der Waals surface area contributed by atoms with Crippen molar-refractivity contribution in [2.75, 3.05) is 7.05 Å². The van der Waals surface area contributed by atoms with Gasteiger partial charge >= 0.3 is 0 Å². The van der Waals surface area contributed by atoms with Crippen LogP contribution >= 0.6 is 31.9 Å². The molecule has 2 rings (SSSR count). The van der Waals surface area contributed by atoms with Gasteiger partial charge in [0.05, 0.1) is 6.04 Å². The lowest BCUT2D eigenvalue weighted by molar-refractivity contribution is 0.442. The van der Waals surface area contributed by atoms with Crippen LogP contribution in [0.5, 0.6) is 0 Å². The molecule has 1 aromatic carbocycles. The van der Waals surface area contributed by atoms with E-state index >= 15 is 0 Å². The van der Waals surface area contributed by atoms with Gasteiger partial charge in [-0.05, 0) is 56.3 Å². The summed E-state index contributed by atoms with van der Waals surface area (Å²) in [5.74, 6) is 1.91. The van der Waals surface area contributed by atoms with E-state index in [0.29, 0.717) is 0 Å². The maximum atomic E-state index is 5.82. The van der Waals surface area contributed by atoms with Crippen LogP contribution in [0.2, 0.25) is 0 Å². The molecule has 96 valence electrons. The number of benzene rings is 1. The van der Waals surface area contributed by atoms with E-state index in [1.165, 1.54) is 5.56 Å². The molecule has 0 fully saturated rings. The predicted molar refractivity (Wildman–Crippen MR) is 80.9 cm³/mol. The molecule has 1 N–H and O–H groups in total. The van der Waals surface area contributed by atoms with Crippen molar-refractivity contribution in [2.24, 2.45) is 0 Å². The van der Waals surface area contributed by atoms with Gasteiger partial charge < -0.3 is 9.73 Å². The van der Waals surface area contributed by atoms with E-state index in [9.17, 15) is 0 Å². The van der Waals surface area contributed by atoms with E-state index in [-0.39, 0.29) is 6.04 Å². The zero-order valence-corrected chi connectivity index (χ0v) is 13.7. The van der Waals surface area contributed by atoms with E-state index in [0.717, 1.165) is 26.0 Å². The van der Waals surface area contributed by atoms with Crippen LogP contribution in [0, 0.1) is 13.8 Å². The van der Waals surface area contributed by atoms with E-state index < -0.39 is 0 Å². The molecule has 0 aliphatic carbocycles. The molecule has 1 heterocycles. The summed E-state index contributed by atoms with van der Waals surface area (Å²) >= 11 is 7.10. The highest BCUT2D eigenvalue weighted by Gasteiger charge is 2.19. The highest BCUT2D eigenvalue weighted by Crippen LogP contribution is 2.32. The molecule has 0 saturated carbocycles. The van der Waals surface area contributed by atoms with Gasteiger partial charge in [0.15, 0.2) is 0 Å². The normalized spacial score (nSPS) is 12.7. The van der Waals surface area contributed by atoms with E-state index in [2.05, 4.69) is 56.2 Å². The Morgan fingerprint density at radius 3 is 2.44 bits per heavy atom. The SMILES string of the molecule is CNC(c1cc(C)c(C)o1)c1cc(Br)ccc1Br. The molecule has 0 amide bonds. The first-order valence-electron chi connectivity index (χ1n) is 5.72. The third kappa shape index (κ3) is 2.71. The first-order valence-corrected chi connectivity index (χ1v) is 7.30. The van der Waals surface area contributed by atoms with Crippen LogP contribution < -0.4 is 5.32 Å². The summed E-state index contributed by atoms with van der Waals surface area (Å²) < 4.78 is 7.94. The van der Waals surface area contributed by atoms with Crippen LogP contribution in [0.3, 0.4) is 0 Å². The molecule has 0 bridgehead atoms. The zero-order chi connectivity index (χ0) is 13.3. The third-order valence-electron chi connectivity index (χ3n) is 3.03. The van der Waals surface area contributed by atoms with Crippen LogP contribution in [0.15, 0.2) is 37.6 Å². The molecule has 2 nitrogen and oxygen atoms in total. The number of hydrogen-bond donors (Lipinski definition) is 1. The minimum atomic E-state index is 0.0456. The molecule has 0 spiro atoms. The second-order valence-electron chi connectivity index (χ2n) is 4.28. The summed E-state index contributed by atoms with van der Waals surface area (Å²) in [5.41, 5.74) is 2.33. The lowest BCUT2D eigenvalue weighted by Crippen LogP contribution is -2.17. The van der Waals surface area contributed by atoms with Gasteiger partial charge in [0.2, 0.25) is 0 Å². The Balaban J connectivity index is 2.48. The van der Waals surface area contributed by atoms with Crippen LogP contribution in [0.25, 0.3) is 0 Å². The first kappa shape index (κ1) is 13.8. The molecule has 4 heteroatoms. The van der Waals surface area contributed by atoms with Crippen LogP contribution in [-0.2, 0) is 0 Å². The van der Waals surface area contributed by atoms with Crippen molar-refractivity contribution < 1.29 is 4.42 Å². The molecule has 2 aromatic rings. The van der Waals surface area contributed by atoms with Crippen molar-refractivity contribution >= 4 is 31.9 Å². The van der Waals surface area contributed by atoms with Crippen molar-refractivity contribution in [3.63, 3.8) is 0 Å². The summed E-state index contributed by atoms with van der Waals surface area (Å²) in [6.07, 6.45) is 0. The average molecular weight is 373 g/mol. The van der Waals surface area contributed by atoms with Gasteiger partial charge in [-0.2, -0.15) is 0 Å². The average Bonchev–Trinajstić information content (AvgIpc) is 2.65. The van der Waals surface area contributed by atoms with Crippen LogP contribution in [0.1, 0.15) is 28.7 Å². The number of furan rings is 1. The zero-order valence-electron chi connectivity index (χ0n) is 10.6. The Morgan fingerprint density at radius 1 is 1.17 bits per heavy atom. The molecule has 1 aromatic heterocycles. The van der Waals surface area contributed by atoms with Crippen molar-refractivity contribution in [2.45, 2.75) is 19.9 Å². The molecule has 0 aliphatic rings. The number of rotatable bonds is 3. The van der Waals surface area contributed by atoms with Crippen LogP contribution in [-0.4, -0.2) is 7.05 Å². The number of hydrogen-bond acceptors (Lipinski definition) is 2. The minimum Gasteiger partial charge on any atom is -0.464 e. The summed E-state index contributed by atoms with van der Waals surface area (Å²) in [5, 5.41) is 3.30. The van der Waals surface area contributed by atoms with E-state index in [1.807, 2.05) is 26.1 Å². The number of halogens is 2. The number of aryl methyl sites for hydroxylation is 2.